The van der Waals surface area contributed by atoms with Crippen LogP contribution in [0, 0.1) is 12.7 Å². The van der Waals surface area contributed by atoms with Gasteiger partial charge in [-0.3, -0.25) is 4.79 Å². The van der Waals surface area contributed by atoms with Gasteiger partial charge in [0.2, 0.25) is 0 Å². The van der Waals surface area contributed by atoms with Gasteiger partial charge in [0, 0.05) is 11.8 Å². The van der Waals surface area contributed by atoms with Crippen molar-refractivity contribution in [2.75, 3.05) is 7.11 Å². The smallest absolute Gasteiger partial charge is 0.186 e. The van der Waals surface area contributed by atoms with Crippen LogP contribution < -0.4 is 4.74 Å². The summed E-state index contributed by atoms with van der Waals surface area (Å²) in [4.78, 5) is 16.0. The second-order valence-corrected chi connectivity index (χ2v) is 4.88. The van der Waals surface area contributed by atoms with Crippen LogP contribution in [0.1, 0.15) is 21.1 Å². The number of halogens is 1. The molecule has 0 spiro atoms. The lowest BCUT2D eigenvalue weighted by molar-refractivity contribution is 0.0988. The molecule has 0 saturated heterocycles. The number of thiazole rings is 1. The van der Waals surface area contributed by atoms with Gasteiger partial charge in [0.1, 0.15) is 5.69 Å². The highest BCUT2D eigenvalue weighted by Crippen LogP contribution is 2.19. The van der Waals surface area contributed by atoms with Crippen molar-refractivity contribution in [3.63, 3.8) is 0 Å². The Morgan fingerprint density at radius 3 is 2.83 bits per heavy atom. The van der Waals surface area contributed by atoms with Crippen LogP contribution >= 0.6 is 11.3 Å². The van der Waals surface area contributed by atoms with E-state index in [0.29, 0.717) is 11.3 Å². The minimum atomic E-state index is -0.461. The molecule has 2 aromatic rings. The fraction of sp³-hybridized carbons (Fsp3) is 0.231. The van der Waals surface area contributed by atoms with E-state index < -0.39 is 5.82 Å². The number of benzene rings is 1. The number of hydrogen-bond acceptors (Lipinski definition) is 4. The van der Waals surface area contributed by atoms with Crippen molar-refractivity contribution in [3.05, 3.63) is 45.7 Å². The van der Waals surface area contributed by atoms with Crippen LogP contribution in [0.3, 0.4) is 0 Å². The maximum Gasteiger partial charge on any atom is 0.186 e. The van der Waals surface area contributed by atoms with E-state index in [2.05, 4.69) is 4.98 Å². The van der Waals surface area contributed by atoms with Gasteiger partial charge in [-0.2, -0.15) is 0 Å². The highest BCUT2D eigenvalue weighted by Gasteiger charge is 2.12. The van der Waals surface area contributed by atoms with Crippen molar-refractivity contribution in [1.82, 2.24) is 4.98 Å². The van der Waals surface area contributed by atoms with Crippen LogP contribution in [0.4, 0.5) is 4.39 Å². The summed E-state index contributed by atoms with van der Waals surface area (Å²) in [6.07, 6.45) is 0.143. The molecular formula is C13H12FNO2S. The molecule has 5 heteroatoms. The van der Waals surface area contributed by atoms with Crippen molar-refractivity contribution >= 4 is 17.1 Å². The Morgan fingerprint density at radius 1 is 1.50 bits per heavy atom. The number of aromatic nitrogens is 1. The Labute approximate surface area is 108 Å². The van der Waals surface area contributed by atoms with E-state index in [-0.39, 0.29) is 18.0 Å². The van der Waals surface area contributed by atoms with Crippen LogP contribution in [0.15, 0.2) is 23.6 Å². The molecule has 3 nitrogen and oxygen atoms in total. The number of nitrogens with zero attached hydrogens (tertiary/aromatic N) is 1. The Hall–Kier alpha value is -1.75. The molecule has 18 heavy (non-hydrogen) atoms. The monoisotopic (exact) mass is 265 g/mol. The minimum Gasteiger partial charge on any atom is -0.494 e. The van der Waals surface area contributed by atoms with Gasteiger partial charge < -0.3 is 4.74 Å². The molecule has 0 aliphatic carbocycles. The zero-order valence-electron chi connectivity index (χ0n) is 10.1. The van der Waals surface area contributed by atoms with E-state index in [0.717, 1.165) is 5.01 Å². The van der Waals surface area contributed by atoms with E-state index in [9.17, 15) is 9.18 Å². The predicted molar refractivity (Wildman–Crippen MR) is 67.8 cm³/mol. The summed E-state index contributed by atoms with van der Waals surface area (Å²) in [7, 11) is 1.40. The average molecular weight is 265 g/mol. The third kappa shape index (κ3) is 2.73. The van der Waals surface area contributed by atoms with Crippen molar-refractivity contribution in [1.29, 1.82) is 0 Å². The van der Waals surface area contributed by atoms with Gasteiger partial charge in [0.15, 0.2) is 17.3 Å². The lowest BCUT2D eigenvalue weighted by Gasteiger charge is -2.04. The van der Waals surface area contributed by atoms with Crippen LogP contribution in [-0.4, -0.2) is 17.9 Å². The fourth-order valence-electron chi connectivity index (χ4n) is 1.59. The van der Waals surface area contributed by atoms with E-state index in [4.69, 9.17) is 4.74 Å². The molecule has 1 heterocycles. The average Bonchev–Trinajstić information content (AvgIpc) is 2.76. The van der Waals surface area contributed by atoms with E-state index in [1.165, 1.54) is 30.6 Å². The molecule has 0 N–H and O–H groups in total. The predicted octanol–water partition coefficient (Wildman–Crippen LogP) is 3.02. The number of ketones is 1. The topological polar surface area (TPSA) is 39.2 Å². The summed E-state index contributed by atoms with van der Waals surface area (Å²) in [6, 6.07) is 4.51. The van der Waals surface area contributed by atoms with Crippen molar-refractivity contribution in [3.8, 4) is 5.75 Å². The van der Waals surface area contributed by atoms with Gasteiger partial charge in [-0.15, -0.1) is 11.3 Å². The maximum absolute atomic E-state index is 13.5. The number of Topliss-reactive ketones (excluding diaryl/α,β-unsaturated/α-hetero) is 1. The summed E-state index contributed by atoms with van der Waals surface area (Å²) < 4.78 is 18.3. The molecule has 0 aliphatic heterocycles. The number of rotatable bonds is 4. The molecule has 0 unspecified atom stereocenters. The first-order valence-corrected chi connectivity index (χ1v) is 6.26. The summed E-state index contributed by atoms with van der Waals surface area (Å²) in [5, 5.41) is 2.57. The first kappa shape index (κ1) is 12.7. The second-order valence-electron chi connectivity index (χ2n) is 3.82. The molecule has 1 aromatic heterocycles. The molecule has 0 saturated carbocycles. The summed E-state index contributed by atoms with van der Waals surface area (Å²) in [5.41, 5.74) is 1.05. The quantitative estimate of drug-likeness (QED) is 0.798. The Morgan fingerprint density at radius 2 is 2.28 bits per heavy atom. The van der Waals surface area contributed by atoms with E-state index >= 15 is 0 Å². The number of carbonyl (C=O) groups is 1. The highest BCUT2D eigenvalue weighted by atomic mass is 32.1. The summed E-state index contributed by atoms with van der Waals surface area (Å²) >= 11 is 1.43. The van der Waals surface area contributed by atoms with E-state index in [1.54, 1.807) is 11.4 Å². The molecule has 0 aliphatic rings. The molecule has 1 aromatic carbocycles. The second kappa shape index (κ2) is 5.27. The van der Waals surface area contributed by atoms with Gasteiger partial charge in [-0.25, -0.2) is 9.37 Å². The SMILES string of the molecule is COc1ccc(CC(=O)c2csc(C)n2)cc1F. The maximum atomic E-state index is 13.5. The van der Waals surface area contributed by atoms with Crippen molar-refractivity contribution in [2.24, 2.45) is 0 Å². The largest absolute Gasteiger partial charge is 0.494 e. The Balaban J connectivity index is 2.14. The number of carbonyl (C=O) groups excluding carboxylic acids is 1. The first-order chi connectivity index (χ1) is 8.60. The van der Waals surface area contributed by atoms with Crippen LogP contribution in [0.25, 0.3) is 0 Å². The Kier molecular flexibility index (Phi) is 3.72. The molecule has 0 radical (unpaired) electrons. The number of aryl methyl sites for hydroxylation is 1. The molecule has 2 rings (SSSR count). The molecule has 0 amide bonds. The molecule has 0 fully saturated rings. The van der Waals surface area contributed by atoms with Crippen molar-refractivity contribution < 1.29 is 13.9 Å². The number of hydrogen-bond donors (Lipinski definition) is 0. The van der Waals surface area contributed by atoms with E-state index in [1.807, 2.05) is 6.92 Å². The van der Waals surface area contributed by atoms with Gasteiger partial charge in [-0.1, -0.05) is 6.07 Å². The molecule has 0 bridgehead atoms. The van der Waals surface area contributed by atoms with Gasteiger partial charge in [-0.05, 0) is 24.6 Å². The van der Waals surface area contributed by atoms with Crippen LogP contribution in [-0.2, 0) is 6.42 Å². The lowest BCUT2D eigenvalue weighted by Crippen LogP contribution is -2.04. The number of methoxy groups -OCH3 is 1. The summed E-state index contributed by atoms with van der Waals surface area (Å²) in [5.74, 6) is -0.392. The highest BCUT2D eigenvalue weighted by molar-refractivity contribution is 7.09. The van der Waals surface area contributed by atoms with Crippen LogP contribution in [0.5, 0.6) is 5.75 Å². The molecular weight excluding hydrogens is 253 g/mol. The first-order valence-electron chi connectivity index (χ1n) is 5.38. The Bertz CT molecular complexity index is 580. The van der Waals surface area contributed by atoms with Crippen molar-refractivity contribution in [2.45, 2.75) is 13.3 Å². The fourth-order valence-corrected chi connectivity index (χ4v) is 2.20. The minimum absolute atomic E-state index is 0.107. The standard InChI is InChI=1S/C13H12FNO2S/c1-8-15-11(7-18-8)12(16)6-9-3-4-13(17-2)10(14)5-9/h3-5,7H,6H2,1-2H3. The third-order valence-corrected chi connectivity index (χ3v) is 3.26. The van der Waals surface area contributed by atoms with Gasteiger partial charge >= 0.3 is 0 Å². The number of ether oxygens (including phenoxy) is 1. The van der Waals surface area contributed by atoms with Gasteiger partial charge in [0.25, 0.3) is 0 Å². The zero-order chi connectivity index (χ0) is 13.1. The van der Waals surface area contributed by atoms with Gasteiger partial charge in [0.05, 0.1) is 12.1 Å². The zero-order valence-corrected chi connectivity index (χ0v) is 10.9. The van der Waals surface area contributed by atoms with Crippen LogP contribution in [0.2, 0.25) is 0 Å². The summed E-state index contributed by atoms with van der Waals surface area (Å²) in [6.45, 7) is 1.84. The third-order valence-electron chi connectivity index (χ3n) is 2.49. The molecule has 94 valence electrons. The normalized spacial score (nSPS) is 10.4. The molecule has 0 atom stereocenters. The lowest BCUT2D eigenvalue weighted by atomic mass is 10.1.